The molecule has 3 aromatic rings. The van der Waals surface area contributed by atoms with Crippen LogP contribution in [0.25, 0.3) is 10.9 Å². The van der Waals surface area contributed by atoms with Gasteiger partial charge in [0.2, 0.25) is 0 Å². The number of aromatic nitrogens is 2. The SMILES string of the molecule is COC(=O)c1cc2ccccc2n1C(=O)N1CCN(c2ncccc2NC(C)C)CC1. The number of nitrogens with one attached hydrogen (secondary N) is 1. The summed E-state index contributed by atoms with van der Waals surface area (Å²) in [6.45, 7) is 6.55. The molecule has 0 bridgehead atoms. The minimum atomic E-state index is -0.527. The molecule has 0 aliphatic carbocycles. The van der Waals surface area contributed by atoms with Gasteiger partial charge in [0.1, 0.15) is 5.69 Å². The van der Waals surface area contributed by atoms with Crippen LogP contribution >= 0.6 is 0 Å². The molecule has 0 spiro atoms. The fraction of sp³-hybridized carbons (Fsp3) is 0.348. The van der Waals surface area contributed by atoms with Crippen LogP contribution in [0, 0.1) is 0 Å². The average Bonchev–Trinajstić information content (AvgIpc) is 3.18. The van der Waals surface area contributed by atoms with Crippen molar-refractivity contribution in [2.75, 3.05) is 43.5 Å². The number of hydrogen-bond donors (Lipinski definition) is 1. The molecule has 1 N–H and O–H groups in total. The van der Waals surface area contributed by atoms with E-state index in [4.69, 9.17) is 4.74 Å². The highest BCUT2D eigenvalue weighted by Crippen LogP contribution is 2.26. The molecule has 1 amide bonds. The van der Waals surface area contributed by atoms with Crippen molar-refractivity contribution in [3.8, 4) is 0 Å². The molecule has 1 aromatic carbocycles. The van der Waals surface area contributed by atoms with Crippen LogP contribution in [0.1, 0.15) is 24.3 Å². The summed E-state index contributed by atoms with van der Waals surface area (Å²) in [5.74, 6) is 0.367. The normalized spacial score (nSPS) is 14.2. The Morgan fingerprint density at radius 3 is 2.52 bits per heavy atom. The maximum absolute atomic E-state index is 13.4. The van der Waals surface area contributed by atoms with Crippen LogP contribution in [0.2, 0.25) is 0 Å². The highest BCUT2D eigenvalue weighted by Gasteiger charge is 2.28. The monoisotopic (exact) mass is 421 g/mol. The van der Waals surface area contributed by atoms with Crippen molar-refractivity contribution in [2.24, 2.45) is 0 Å². The number of methoxy groups -OCH3 is 1. The lowest BCUT2D eigenvalue weighted by Gasteiger charge is -2.36. The zero-order chi connectivity index (χ0) is 22.0. The van der Waals surface area contributed by atoms with Crippen LogP contribution < -0.4 is 10.2 Å². The van der Waals surface area contributed by atoms with Gasteiger partial charge < -0.3 is 19.9 Å². The molecule has 1 fully saturated rings. The number of para-hydroxylation sites is 1. The molecule has 2 aromatic heterocycles. The van der Waals surface area contributed by atoms with Crippen LogP contribution in [0.3, 0.4) is 0 Å². The van der Waals surface area contributed by atoms with E-state index in [0.29, 0.717) is 37.7 Å². The van der Waals surface area contributed by atoms with Crippen LogP contribution in [-0.4, -0.2) is 65.8 Å². The Labute approximate surface area is 181 Å². The summed E-state index contributed by atoms with van der Waals surface area (Å²) in [5, 5.41) is 4.26. The Bertz CT molecular complexity index is 1100. The number of esters is 1. The van der Waals surface area contributed by atoms with E-state index in [1.54, 1.807) is 17.2 Å². The van der Waals surface area contributed by atoms with E-state index in [0.717, 1.165) is 16.9 Å². The summed E-state index contributed by atoms with van der Waals surface area (Å²) in [6.07, 6.45) is 1.78. The number of carbonyl (C=O) groups excluding carboxylic acids is 2. The molecule has 8 heteroatoms. The van der Waals surface area contributed by atoms with Crippen LogP contribution in [0.15, 0.2) is 48.7 Å². The molecule has 1 aliphatic heterocycles. The van der Waals surface area contributed by atoms with Gasteiger partial charge in [-0.05, 0) is 38.1 Å². The fourth-order valence-electron chi connectivity index (χ4n) is 3.94. The van der Waals surface area contributed by atoms with Gasteiger partial charge in [-0.15, -0.1) is 0 Å². The molecule has 8 nitrogen and oxygen atoms in total. The first-order chi connectivity index (χ1) is 15.0. The van der Waals surface area contributed by atoms with Gasteiger partial charge in [-0.2, -0.15) is 0 Å². The lowest BCUT2D eigenvalue weighted by molar-refractivity contribution is 0.0589. The van der Waals surface area contributed by atoms with E-state index in [9.17, 15) is 9.59 Å². The molecular weight excluding hydrogens is 394 g/mol. The predicted molar refractivity (Wildman–Crippen MR) is 121 cm³/mol. The van der Waals surface area contributed by atoms with Gasteiger partial charge in [0.25, 0.3) is 0 Å². The summed E-state index contributed by atoms with van der Waals surface area (Å²) in [5.41, 5.74) is 1.93. The average molecular weight is 422 g/mol. The smallest absolute Gasteiger partial charge is 0.355 e. The summed E-state index contributed by atoms with van der Waals surface area (Å²) in [6, 6.07) is 13.2. The Kier molecular flexibility index (Phi) is 5.79. The van der Waals surface area contributed by atoms with Crippen LogP contribution in [0.5, 0.6) is 0 Å². The third-order valence-electron chi connectivity index (χ3n) is 5.38. The number of hydrogen-bond acceptors (Lipinski definition) is 6. The molecule has 0 radical (unpaired) electrons. The third kappa shape index (κ3) is 4.05. The molecule has 162 valence electrons. The van der Waals surface area contributed by atoms with Crippen molar-refractivity contribution in [2.45, 2.75) is 19.9 Å². The predicted octanol–water partition coefficient (Wildman–Crippen LogP) is 3.43. The Morgan fingerprint density at radius 1 is 1.06 bits per heavy atom. The van der Waals surface area contributed by atoms with E-state index < -0.39 is 5.97 Å². The van der Waals surface area contributed by atoms with Crippen molar-refractivity contribution < 1.29 is 14.3 Å². The van der Waals surface area contributed by atoms with Gasteiger partial charge in [0.05, 0.1) is 18.3 Å². The van der Waals surface area contributed by atoms with Gasteiger partial charge >= 0.3 is 12.0 Å². The topological polar surface area (TPSA) is 79.7 Å². The number of pyridine rings is 1. The summed E-state index contributed by atoms with van der Waals surface area (Å²) in [4.78, 5) is 34.2. The van der Waals surface area contributed by atoms with E-state index in [2.05, 4.69) is 29.0 Å². The van der Waals surface area contributed by atoms with Gasteiger partial charge in [-0.1, -0.05) is 18.2 Å². The van der Waals surface area contributed by atoms with E-state index >= 15 is 0 Å². The number of rotatable bonds is 4. The minimum Gasteiger partial charge on any atom is -0.464 e. The molecule has 0 unspecified atom stereocenters. The van der Waals surface area contributed by atoms with Gasteiger partial charge in [-0.25, -0.2) is 14.6 Å². The van der Waals surface area contributed by atoms with Crippen molar-refractivity contribution in [3.05, 3.63) is 54.4 Å². The zero-order valence-corrected chi connectivity index (χ0v) is 18.0. The zero-order valence-electron chi connectivity index (χ0n) is 18.0. The summed E-state index contributed by atoms with van der Waals surface area (Å²) in [7, 11) is 1.32. The van der Waals surface area contributed by atoms with Crippen molar-refractivity contribution in [3.63, 3.8) is 0 Å². The number of anilines is 2. The highest BCUT2D eigenvalue weighted by atomic mass is 16.5. The van der Waals surface area contributed by atoms with E-state index in [1.807, 2.05) is 36.4 Å². The molecule has 1 saturated heterocycles. The molecular formula is C23H27N5O3. The standard InChI is InChI=1S/C23H27N5O3/c1-16(2)25-18-8-6-10-24-21(18)26-11-13-27(14-12-26)23(30)28-19-9-5-4-7-17(19)15-20(28)22(29)31-3/h4-10,15-16,25H,11-14H2,1-3H3. The van der Waals surface area contributed by atoms with Gasteiger partial charge in [0.15, 0.2) is 5.82 Å². The van der Waals surface area contributed by atoms with E-state index in [1.165, 1.54) is 11.7 Å². The van der Waals surface area contributed by atoms with E-state index in [-0.39, 0.29) is 11.7 Å². The molecule has 0 saturated carbocycles. The second-order valence-corrected chi connectivity index (χ2v) is 7.85. The van der Waals surface area contributed by atoms with Crippen molar-refractivity contribution in [1.29, 1.82) is 0 Å². The molecule has 0 atom stereocenters. The quantitative estimate of drug-likeness (QED) is 0.650. The molecule has 31 heavy (non-hydrogen) atoms. The second-order valence-electron chi connectivity index (χ2n) is 7.85. The first-order valence-electron chi connectivity index (χ1n) is 10.4. The Balaban J connectivity index is 1.56. The number of piperazine rings is 1. The first kappa shape index (κ1) is 20.7. The molecule has 1 aliphatic rings. The summed E-state index contributed by atoms with van der Waals surface area (Å²) < 4.78 is 6.37. The maximum atomic E-state index is 13.4. The summed E-state index contributed by atoms with van der Waals surface area (Å²) >= 11 is 0. The van der Waals surface area contributed by atoms with Crippen LogP contribution in [0.4, 0.5) is 16.3 Å². The molecule has 3 heterocycles. The first-order valence-corrected chi connectivity index (χ1v) is 10.4. The van der Waals surface area contributed by atoms with Crippen LogP contribution in [-0.2, 0) is 4.74 Å². The number of amides is 1. The fourth-order valence-corrected chi connectivity index (χ4v) is 3.94. The van der Waals surface area contributed by atoms with Crippen molar-refractivity contribution >= 4 is 34.4 Å². The second kappa shape index (κ2) is 8.67. The number of nitrogens with zero attached hydrogens (tertiary/aromatic N) is 4. The lowest BCUT2D eigenvalue weighted by atomic mass is 10.2. The number of carbonyl (C=O) groups is 2. The van der Waals surface area contributed by atoms with Crippen molar-refractivity contribution in [1.82, 2.24) is 14.5 Å². The third-order valence-corrected chi connectivity index (χ3v) is 5.38. The molecule has 4 rings (SSSR count). The Morgan fingerprint density at radius 2 is 1.81 bits per heavy atom. The highest BCUT2D eigenvalue weighted by molar-refractivity contribution is 6.02. The maximum Gasteiger partial charge on any atom is 0.355 e. The number of fused-ring (bicyclic) bond motifs is 1. The lowest BCUT2D eigenvalue weighted by Crippen LogP contribution is -2.50. The largest absolute Gasteiger partial charge is 0.464 e. The minimum absolute atomic E-state index is 0.220. The Hall–Kier alpha value is -3.55. The number of ether oxygens (including phenoxy) is 1. The number of benzene rings is 1. The van der Waals surface area contributed by atoms with Gasteiger partial charge in [0, 0.05) is 43.8 Å². The van der Waals surface area contributed by atoms with Gasteiger partial charge in [-0.3, -0.25) is 4.57 Å².